The van der Waals surface area contributed by atoms with Gasteiger partial charge in [0.05, 0.1) is 6.07 Å². The van der Waals surface area contributed by atoms with Crippen molar-refractivity contribution in [2.75, 3.05) is 5.32 Å². The van der Waals surface area contributed by atoms with Crippen molar-refractivity contribution >= 4 is 33.2 Å². The zero-order chi connectivity index (χ0) is 13.0. The summed E-state index contributed by atoms with van der Waals surface area (Å²) in [5.41, 5.74) is 1.78. The maximum Gasteiger partial charge on any atom is 0.140 e. The molecule has 90 valence electrons. The zero-order valence-electron chi connectivity index (χ0n) is 9.40. The highest BCUT2D eigenvalue weighted by Gasteiger charge is 2.09. The molecule has 0 aliphatic heterocycles. The van der Waals surface area contributed by atoms with Gasteiger partial charge in [0.1, 0.15) is 6.04 Å². The van der Waals surface area contributed by atoms with Gasteiger partial charge in [0.2, 0.25) is 0 Å². The maximum absolute atomic E-state index is 9.22. The topological polar surface area (TPSA) is 35.8 Å². The van der Waals surface area contributed by atoms with Crippen LogP contribution < -0.4 is 5.32 Å². The first-order valence-corrected chi connectivity index (χ1v) is 6.53. The number of halogens is 2. The van der Waals surface area contributed by atoms with E-state index in [1.54, 1.807) is 12.1 Å². The summed E-state index contributed by atoms with van der Waals surface area (Å²) in [7, 11) is 0. The molecule has 0 heterocycles. The smallest absolute Gasteiger partial charge is 0.140 e. The van der Waals surface area contributed by atoms with E-state index in [4.69, 9.17) is 11.6 Å². The minimum atomic E-state index is -0.392. The molecule has 0 amide bonds. The molecule has 2 aromatic carbocycles. The molecule has 1 N–H and O–H groups in total. The molecule has 0 fully saturated rings. The molecule has 0 bridgehead atoms. The summed E-state index contributed by atoms with van der Waals surface area (Å²) in [5, 5.41) is 13.1. The Hall–Kier alpha value is -1.50. The van der Waals surface area contributed by atoms with Crippen LogP contribution in [0, 0.1) is 11.3 Å². The summed E-state index contributed by atoms with van der Waals surface area (Å²) in [6.45, 7) is 0. The van der Waals surface area contributed by atoms with Crippen LogP contribution >= 0.6 is 27.5 Å². The Morgan fingerprint density at radius 1 is 1.17 bits per heavy atom. The van der Waals surface area contributed by atoms with E-state index in [0.29, 0.717) is 5.02 Å². The lowest BCUT2D eigenvalue weighted by Crippen LogP contribution is -2.08. The molecule has 4 heteroatoms. The highest BCUT2D eigenvalue weighted by atomic mass is 79.9. The number of anilines is 1. The summed E-state index contributed by atoms with van der Waals surface area (Å²) in [6, 6.07) is 16.8. The summed E-state index contributed by atoms with van der Waals surface area (Å²) in [4.78, 5) is 0. The standard InChI is InChI=1S/C14H10BrClN2/c15-11-2-1-3-13(8-11)18-14(9-17)10-4-6-12(16)7-5-10/h1-8,14,18H. The van der Waals surface area contributed by atoms with Gasteiger partial charge in [-0.3, -0.25) is 0 Å². The first-order chi connectivity index (χ1) is 8.69. The number of nitrogens with one attached hydrogen (secondary N) is 1. The van der Waals surface area contributed by atoms with E-state index < -0.39 is 6.04 Å². The normalized spacial score (nSPS) is 11.6. The first-order valence-electron chi connectivity index (χ1n) is 5.36. The Kier molecular flexibility index (Phi) is 4.24. The van der Waals surface area contributed by atoms with E-state index in [0.717, 1.165) is 15.7 Å². The van der Waals surface area contributed by atoms with Crippen molar-refractivity contribution in [1.82, 2.24) is 0 Å². The van der Waals surface area contributed by atoms with Crippen LogP contribution in [0.1, 0.15) is 11.6 Å². The SMILES string of the molecule is N#CC(Nc1cccc(Br)c1)c1ccc(Cl)cc1. The van der Waals surface area contributed by atoms with Gasteiger partial charge in [-0.15, -0.1) is 0 Å². The van der Waals surface area contributed by atoms with E-state index in [1.807, 2.05) is 36.4 Å². The molecular formula is C14H10BrClN2. The molecule has 18 heavy (non-hydrogen) atoms. The van der Waals surface area contributed by atoms with E-state index >= 15 is 0 Å². The van der Waals surface area contributed by atoms with Gasteiger partial charge in [-0.05, 0) is 35.9 Å². The summed E-state index contributed by atoms with van der Waals surface area (Å²) in [5.74, 6) is 0. The molecule has 0 radical (unpaired) electrons. The molecule has 0 aliphatic rings. The van der Waals surface area contributed by atoms with Crippen LogP contribution in [0.2, 0.25) is 5.02 Å². The molecule has 0 saturated heterocycles. The molecule has 2 aromatic rings. The summed E-state index contributed by atoms with van der Waals surface area (Å²) in [6.07, 6.45) is 0. The monoisotopic (exact) mass is 320 g/mol. The molecule has 2 rings (SSSR count). The summed E-state index contributed by atoms with van der Waals surface area (Å²) < 4.78 is 0.972. The number of nitriles is 1. The van der Waals surface area contributed by atoms with Gasteiger partial charge in [0.25, 0.3) is 0 Å². The lowest BCUT2D eigenvalue weighted by Gasteiger charge is -2.13. The number of hydrogen-bond donors (Lipinski definition) is 1. The third-order valence-corrected chi connectivity index (χ3v) is 3.21. The Bertz CT molecular complexity index is 575. The van der Waals surface area contributed by atoms with Crippen molar-refractivity contribution < 1.29 is 0 Å². The maximum atomic E-state index is 9.22. The van der Waals surface area contributed by atoms with Gasteiger partial charge in [-0.2, -0.15) is 5.26 Å². The Balaban J connectivity index is 2.20. The highest BCUT2D eigenvalue weighted by Crippen LogP contribution is 2.22. The average Bonchev–Trinajstić information content (AvgIpc) is 2.37. The van der Waals surface area contributed by atoms with E-state index in [1.165, 1.54) is 0 Å². The molecule has 1 unspecified atom stereocenters. The average molecular weight is 322 g/mol. The number of rotatable bonds is 3. The Morgan fingerprint density at radius 3 is 2.50 bits per heavy atom. The van der Waals surface area contributed by atoms with E-state index in [9.17, 15) is 5.26 Å². The van der Waals surface area contributed by atoms with Crippen LogP contribution in [0.4, 0.5) is 5.69 Å². The minimum Gasteiger partial charge on any atom is -0.366 e. The highest BCUT2D eigenvalue weighted by molar-refractivity contribution is 9.10. The fourth-order valence-electron chi connectivity index (χ4n) is 1.59. The second-order valence-corrected chi connectivity index (χ2v) is 5.12. The van der Waals surface area contributed by atoms with Crippen LogP contribution in [0.5, 0.6) is 0 Å². The largest absolute Gasteiger partial charge is 0.366 e. The molecule has 0 spiro atoms. The lowest BCUT2D eigenvalue weighted by molar-refractivity contribution is 0.997. The van der Waals surface area contributed by atoms with E-state index in [2.05, 4.69) is 27.3 Å². The number of benzene rings is 2. The first kappa shape index (κ1) is 12.9. The van der Waals surface area contributed by atoms with Crippen LogP contribution in [0.3, 0.4) is 0 Å². The van der Waals surface area contributed by atoms with Crippen molar-refractivity contribution in [3.8, 4) is 6.07 Å². The quantitative estimate of drug-likeness (QED) is 0.883. The molecule has 2 nitrogen and oxygen atoms in total. The van der Waals surface area contributed by atoms with Crippen molar-refractivity contribution in [2.45, 2.75) is 6.04 Å². The van der Waals surface area contributed by atoms with Gasteiger partial charge in [0, 0.05) is 15.2 Å². The fourth-order valence-corrected chi connectivity index (χ4v) is 2.12. The third kappa shape index (κ3) is 3.25. The second-order valence-electron chi connectivity index (χ2n) is 3.77. The summed E-state index contributed by atoms with van der Waals surface area (Å²) >= 11 is 9.23. The van der Waals surface area contributed by atoms with Crippen molar-refractivity contribution in [3.05, 3.63) is 63.6 Å². The minimum absolute atomic E-state index is 0.392. The lowest BCUT2D eigenvalue weighted by atomic mass is 10.1. The Morgan fingerprint density at radius 2 is 1.89 bits per heavy atom. The molecule has 1 atom stereocenters. The van der Waals surface area contributed by atoms with Crippen molar-refractivity contribution in [2.24, 2.45) is 0 Å². The molecule has 0 aromatic heterocycles. The van der Waals surface area contributed by atoms with Gasteiger partial charge in [0.15, 0.2) is 0 Å². The number of nitrogens with zero attached hydrogens (tertiary/aromatic N) is 1. The molecule has 0 saturated carbocycles. The molecular weight excluding hydrogens is 312 g/mol. The molecule has 0 aliphatic carbocycles. The zero-order valence-corrected chi connectivity index (χ0v) is 11.7. The predicted octanol–water partition coefficient (Wildman–Crippen LogP) is 4.78. The van der Waals surface area contributed by atoms with Gasteiger partial charge >= 0.3 is 0 Å². The van der Waals surface area contributed by atoms with Crippen LogP contribution in [-0.4, -0.2) is 0 Å². The van der Waals surface area contributed by atoms with E-state index in [-0.39, 0.29) is 0 Å². The fraction of sp³-hybridized carbons (Fsp3) is 0.0714. The van der Waals surface area contributed by atoms with Gasteiger partial charge in [-0.1, -0.05) is 45.7 Å². The van der Waals surface area contributed by atoms with Crippen LogP contribution in [0.15, 0.2) is 53.0 Å². The number of hydrogen-bond acceptors (Lipinski definition) is 2. The van der Waals surface area contributed by atoms with Crippen LogP contribution in [-0.2, 0) is 0 Å². The van der Waals surface area contributed by atoms with Gasteiger partial charge in [-0.25, -0.2) is 0 Å². The van der Waals surface area contributed by atoms with Crippen LogP contribution in [0.25, 0.3) is 0 Å². The van der Waals surface area contributed by atoms with Crippen molar-refractivity contribution in [3.63, 3.8) is 0 Å². The second kappa shape index (κ2) is 5.90. The van der Waals surface area contributed by atoms with Crippen molar-refractivity contribution in [1.29, 1.82) is 5.26 Å². The van der Waals surface area contributed by atoms with Gasteiger partial charge < -0.3 is 5.32 Å². The predicted molar refractivity (Wildman–Crippen MR) is 77.6 cm³/mol. The Labute approximate surface area is 119 Å². The third-order valence-electron chi connectivity index (χ3n) is 2.47.